The average molecular weight is 306 g/mol. The number of primary amides is 1. The zero-order valence-electron chi connectivity index (χ0n) is 12.4. The van der Waals surface area contributed by atoms with Crippen LogP contribution in [0.2, 0.25) is 0 Å². The predicted molar refractivity (Wildman–Crippen MR) is 82.8 cm³/mol. The minimum atomic E-state index is -0.429. The number of nitrogens with zero attached hydrogens (tertiary/aromatic N) is 1. The maximum Gasteiger partial charge on any atom is 0.237 e. The molecule has 3 N–H and O–H groups in total. The molecular formula is C14H28ClN3O2. The molecule has 0 radical (unpaired) electrons. The van der Waals surface area contributed by atoms with E-state index in [1.54, 1.807) is 4.90 Å². The fourth-order valence-electron chi connectivity index (χ4n) is 2.68. The van der Waals surface area contributed by atoms with Crippen LogP contribution in [0.1, 0.15) is 44.9 Å². The van der Waals surface area contributed by atoms with E-state index in [4.69, 9.17) is 5.73 Å². The number of carbonyl (C=O) groups excluding carboxylic acids is 2. The zero-order chi connectivity index (χ0) is 14.1. The third-order valence-corrected chi connectivity index (χ3v) is 3.82. The Morgan fingerprint density at radius 3 is 2.45 bits per heavy atom. The summed E-state index contributed by atoms with van der Waals surface area (Å²) in [5.74, 6) is 0.298. The van der Waals surface area contributed by atoms with Crippen molar-refractivity contribution in [2.45, 2.75) is 44.9 Å². The van der Waals surface area contributed by atoms with Crippen molar-refractivity contribution in [1.82, 2.24) is 10.2 Å². The van der Waals surface area contributed by atoms with Crippen molar-refractivity contribution in [3.63, 3.8) is 0 Å². The molecule has 1 fully saturated rings. The zero-order valence-corrected chi connectivity index (χ0v) is 13.2. The van der Waals surface area contributed by atoms with Gasteiger partial charge in [-0.15, -0.1) is 12.4 Å². The first-order chi connectivity index (χ1) is 9.13. The second kappa shape index (κ2) is 10.9. The van der Waals surface area contributed by atoms with E-state index in [9.17, 15) is 9.59 Å². The molecule has 0 bridgehead atoms. The van der Waals surface area contributed by atoms with Gasteiger partial charge in [-0.1, -0.05) is 32.1 Å². The van der Waals surface area contributed by atoms with Crippen molar-refractivity contribution in [3.05, 3.63) is 0 Å². The number of hydrogen-bond acceptors (Lipinski definition) is 3. The minimum absolute atomic E-state index is 0. The first kappa shape index (κ1) is 19.2. The largest absolute Gasteiger partial charge is 0.368 e. The molecule has 1 aliphatic rings. The fourth-order valence-corrected chi connectivity index (χ4v) is 2.68. The fraction of sp³-hybridized carbons (Fsp3) is 0.857. The summed E-state index contributed by atoms with van der Waals surface area (Å²) < 4.78 is 0. The summed E-state index contributed by atoms with van der Waals surface area (Å²) in [5, 5.41) is 2.95. The van der Waals surface area contributed by atoms with Crippen LogP contribution < -0.4 is 11.1 Å². The van der Waals surface area contributed by atoms with Crippen molar-refractivity contribution in [2.75, 3.05) is 26.7 Å². The first-order valence-electron chi connectivity index (χ1n) is 7.34. The molecule has 2 amide bonds. The number of amides is 2. The van der Waals surface area contributed by atoms with Gasteiger partial charge in [0.2, 0.25) is 11.8 Å². The van der Waals surface area contributed by atoms with E-state index in [-0.39, 0.29) is 24.9 Å². The lowest BCUT2D eigenvalue weighted by molar-refractivity contribution is -0.135. The van der Waals surface area contributed by atoms with Gasteiger partial charge >= 0.3 is 0 Å². The molecule has 5 nitrogen and oxygen atoms in total. The lowest BCUT2D eigenvalue weighted by atomic mass is 9.87. The number of nitrogens with one attached hydrogen (secondary N) is 1. The Morgan fingerprint density at radius 2 is 1.90 bits per heavy atom. The van der Waals surface area contributed by atoms with Crippen LogP contribution in [-0.4, -0.2) is 43.4 Å². The number of carbonyl (C=O) groups is 2. The summed E-state index contributed by atoms with van der Waals surface area (Å²) in [4.78, 5) is 24.7. The predicted octanol–water partition coefficient (Wildman–Crippen LogP) is 1.30. The molecule has 0 unspecified atom stereocenters. The van der Waals surface area contributed by atoms with Gasteiger partial charge in [0.25, 0.3) is 0 Å². The van der Waals surface area contributed by atoms with Crippen LogP contribution in [0.25, 0.3) is 0 Å². The maximum atomic E-state index is 12.0. The van der Waals surface area contributed by atoms with Crippen molar-refractivity contribution >= 4 is 24.2 Å². The highest BCUT2D eigenvalue weighted by molar-refractivity contribution is 5.85. The van der Waals surface area contributed by atoms with E-state index in [1.165, 1.54) is 32.1 Å². The molecule has 118 valence electrons. The highest BCUT2D eigenvalue weighted by atomic mass is 35.5. The van der Waals surface area contributed by atoms with Crippen LogP contribution in [-0.2, 0) is 9.59 Å². The van der Waals surface area contributed by atoms with Gasteiger partial charge in [-0.2, -0.15) is 0 Å². The summed E-state index contributed by atoms with van der Waals surface area (Å²) in [7, 11) is 1.81. The second-order valence-electron chi connectivity index (χ2n) is 5.43. The number of nitrogens with two attached hydrogens (primary N) is 1. The number of hydrogen-bond donors (Lipinski definition) is 2. The van der Waals surface area contributed by atoms with Crippen molar-refractivity contribution in [3.8, 4) is 0 Å². The van der Waals surface area contributed by atoms with Crippen LogP contribution in [0, 0.1) is 5.92 Å². The van der Waals surface area contributed by atoms with Crippen molar-refractivity contribution in [2.24, 2.45) is 11.7 Å². The lowest BCUT2D eigenvalue weighted by Gasteiger charge is -2.26. The molecular weight excluding hydrogens is 278 g/mol. The number of halogens is 1. The highest BCUT2D eigenvalue weighted by Crippen LogP contribution is 2.26. The Kier molecular flexibility index (Phi) is 10.5. The molecule has 0 spiro atoms. The molecule has 0 aromatic rings. The topological polar surface area (TPSA) is 75.4 Å². The molecule has 0 aliphatic heterocycles. The third kappa shape index (κ3) is 7.70. The van der Waals surface area contributed by atoms with E-state index < -0.39 is 5.91 Å². The molecule has 1 saturated carbocycles. The molecule has 1 aliphatic carbocycles. The van der Waals surface area contributed by atoms with Gasteiger partial charge in [-0.3, -0.25) is 9.59 Å². The lowest BCUT2D eigenvalue weighted by Crippen LogP contribution is -2.40. The van der Waals surface area contributed by atoms with Gasteiger partial charge < -0.3 is 16.0 Å². The summed E-state index contributed by atoms with van der Waals surface area (Å²) in [6.07, 6.45) is 7.88. The molecule has 6 heteroatoms. The Hall–Kier alpha value is -0.810. The monoisotopic (exact) mass is 305 g/mol. The van der Waals surface area contributed by atoms with Gasteiger partial charge in [0.1, 0.15) is 0 Å². The van der Waals surface area contributed by atoms with Crippen LogP contribution in [0.5, 0.6) is 0 Å². The average Bonchev–Trinajstić information content (AvgIpc) is 2.41. The summed E-state index contributed by atoms with van der Waals surface area (Å²) in [6, 6.07) is 0. The van der Waals surface area contributed by atoms with Crippen molar-refractivity contribution < 1.29 is 9.59 Å². The van der Waals surface area contributed by atoms with Gasteiger partial charge in [-0.05, 0) is 19.4 Å². The molecule has 0 heterocycles. The van der Waals surface area contributed by atoms with E-state index >= 15 is 0 Å². The molecule has 0 atom stereocenters. The Morgan fingerprint density at radius 1 is 1.25 bits per heavy atom. The highest BCUT2D eigenvalue weighted by Gasteiger charge is 2.19. The summed E-state index contributed by atoms with van der Waals surface area (Å²) in [5.41, 5.74) is 5.22. The van der Waals surface area contributed by atoms with E-state index in [2.05, 4.69) is 5.32 Å². The summed E-state index contributed by atoms with van der Waals surface area (Å²) in [6.45, 7) is 1.35. The Balaban J connectivity index is 0.00000361. The van der Waals surface area contributed by atoms with Gasteiger partial charge in [0, 0.05) is 19.5 Å². The van der Waals surface area contributed by atoms with Crippen LogP contribution in [0.3, 0.4) is 0 Å². The number of rotatable bonds is 8. The standard InChI is InChI=1S/C14H27N3O2.ClH/c1-16-9-7-14(19)17(11-13(15)18)10-8-12-5-3-2-4-6-12;/h12,16H,2-11H2,1H3,(H2,15,18);1H. The SMILES string of the molecule is CNCCC(=O)N(CCC1CCCCC1)CC(N)=O.Cl. The van der Waals surface area contributed by atoms with Crippen LogP contribution in [0.15, 0.2) is 0 Å². The molecule has 20 heavy (non-hydrogen) atoms. The Bertz CT molecular complexity index is 294. The van der Waals surface area contributed by atoms with Gasteiger partial charge in [0.15, 0.2) is 0 Å². The van der Waals surface area contributed by atoms with E-state index in [0.29, 0.717) is 25.4 Å². The van der Waals surface area contributed by atoms with Gasteiger partial charge in [-0.25, -0.2) is 0 Å². The smallest absolute Gasteiger partial charge is 0.237 e. The normalized spacial score (nSPS) is 15.4. The van der Waals surface area contributed by atoms with Crippen molar-refractivity contribution in [1.29, 1.82) is 0 Å². The van der Waals surface area contributed by atoms with E-state index in [1.807, 2.05) is 7.05 Å². The quantitative estimate of drug-likeness (QED) is 0.710. The summed E-state index contributed by atoms with van der Waals surface area (Å²) >= 11 is 0. The molecule has 1 rings (SSSR count). The minimum Gasteiger partial charge on any atom is -0.368 e. The molecule has 0 aromatic heterocycles. The maximum absolute atomic E-state index is 12.0. The molecule has 0 aromatic carbocycles. The third-order valence-electron chi connectivity index (χ3n) is 3.82. The van der Waals surface area contributed by atoms with Crippen LogP contribution in [0.4, 0.5) is 0 Å². The van der Waals surface area contributed by atoms with Gasteiger partial charge in [0.05, 0.1) is 6.54 Å². The Labute approximate surface area is 128 Å². The molecule has 0 saturated heterocycles. The second-order valence-corrected chi connectivity index (χ2v) is 5.43. The van der Waals surface area contributed by atoms with Crippen LogP contribution >= 0.6 is 12.4 Å². The first-order valence-corrected chi connectivity index (χ1v) is 7.34. The van der Waals surface area contributed by atoms with E-state index in [0.717, 1.165) is 6.42 Å².